The summed E-state index contributed by atoms with van der Waals surface area (Å²) in [6, 6.07) is 41.4. The van der Waals surface area contributed by atoms with Gasteiger partial charge in [-0.2, -0.15) is 0 Å². The van der Waals surface area contributed by atoms with E-state index in [0.29, 0.717) is 34.5 Å². The molecule has 0 unspecified atom stereocenters. The minimum atomic E-state index is 0.167. The number of hydrogen-bond donors (Lipinski definition) is 1. The molecular weight excluding hydrogens is 538 g/mol. The van der Waals surface area contributed by atoms with Crippen molar-refractivity contribution in [1.82, 2.24) is 14.5 Å². The summed E-state index contributed by atoms with van der Waals surface area (Å²) < 4.78 is 2.25. The maximum absolute atomic E-state index is 12.0. The van der Waals surface area contributed by atoms with E-state index in [4.69, 9.17) is 9.97 Å². The van der Waals surface area contributed by atoms with Crippen LogP contribution in [0.25, 0.3) is 61.4 Å². The van der Waals surface area contributed by atoms with Gasteiger partial charge in [0.2, 0.25) is 0 Å². The fourth-order valence-electron chi connectivity index (χ4n) is 6.23. The lowest BCUT2D eigenvalue weighted by Gasteiger charge is -2.23. The molecule has 2 heterocycles. The molecule has 0 bridgehead atoms. The minimum absolute atomic E-state index is 0.167. The largest absolute Gasteiger partial charge is 0.506 e. The summed E-state index contributed by atoms with van der Waals surface area (Å²) in [7, 11) is 0. The average Bonchev–Trinajstić information content (AvgIpc) is 3.43. The molecule has 0 atom stereocenters. The van der Waals surface area contributed by atoms with E-state index in [1.807, 2.05) is 48.5 Å². The second kappa shape index (κ2) is 11.1. The highest BCUT2D eigenvalue weighted by molar-refractivity contribution is 5.89. The Morgan fingerprint density at radius 3 is 1.98 bits per heavy atom. The molecule has 216 valence electrons. The van der Waals surface area contributed by atoms with Crippen molar-refractivity contribution >= 4 is 21.8 Å². The number of nitrogens with zero attached hydrogens (tertiary/aromatic N) is 3. The summed E-state index contributed by atoms with van der Waals surface area (Å²) in [4.78, 5) is 10.2. The highest BCUT2D eigenvalue weighted by atomic mass is 16.3. The van der Waals surface area contributed by atoms with Crippen LogP contribution >= 0.6 is 0 Å². The van der Waals surface area contributed by atoms with Gasteiger partial charge in [-0.25, -0.2) is 9.97 Å². The normalized spacial score (nSPS) is 11.7. The number of phenols is 1. The van der Waals surface area contributed by atoms with Crippen molar-refractivity contribution in [3.05, 3.63) is 132 Å². The molecule has 0 fully saturated rings. The molecule has 0 spiro atoms. The van der Waals surface area contributed by atoms with Gasteiger partial charge in [-0.15, -0.1) is 0 Å². The van der Waals surface area contributed by atoms with Crippen LogP contribution in [0.4, 0.5) is 0 Å². The maximum Gasteiger partial charge on any atom is 0.149 e. The molecule has 0 aliphatic heterocycles. The summed E-state index contributed by atoms with van der Waals surface area (Å²) in [5.41, 5.74) is 9.49. The third-order valence-electron chi connectivity index (χ3n) is 8.47. The van der Waals surface area contributed by atoms with Crippen molar-refractivity contribution in [1.29, 1.82) is 0 Å². The molecule has 0 saturated carbocycles. The third kappa shape index (κ3) is 4.73. The van der Waals surface area contributed by atoms with Crippen LogP contribution in [0.1, 0.15) is 50.7 Å². The Labute approximate surface area is 258 Å². The Morgan fingerprint density at radius 2 is 1.20 bits per heavy atom. The van der Waals surface area contributed by atoms with Gasteiger partial charge in [0.1, 0.15) is 11.6 Å². The maximum atomic E-state index is 12.0. The minimum Gasteiger partial charge on any atom is -0.506 e. The summed E-state index contributed by atoms with van der Waals surface area (Å²) in [6.07, 6.45) is 0. The average molecular weight is 574 g/mol. The Hall–Kier alpha value is -5.22. The second-order valence-electron chi connectivity index (χ2n) is 12.0. The lowest BCUT2D eigenvalue weighted by atomic mass is 9.92. The van der Waals surface area contributed by atoms with E-state index in [2.05, 4.69) is 105 Å². The molecule has 5 aromatic carbocycles. The van der Waals surface area contributed by atoms with E-state index in [0.717, 1.165) is 28.0 Å². The summed E-state index contributed by atoms with van der Waals surface area (Å²) >= 11 is 0. The summed E-state index contributed by atoms with van der Waals surface area (Å²) in [6.45, 7) is 8.92. The van der Waals surface area contributed by atoms with Gasteiger partial charge in [-0.05, 0) is 76.2 Å². The van der Waals surface area contributed by atoms with Gasteiger partial charge in [0.05, 0.1) is 33.7 Å². The molecule has 0 radical (unpaired) electrons. The standard InChI is InChI=1S/C40H35N3O/c1-25(2)30-14-9-15-31(26(3)4)38(30)43-37-21-8-7-18-36(37)42-40(43)33-17-10-16-32(39(33)44)35-20-11-19-34(41-35)29-23-22-27-12-5-6-13-28(27)24-29/h5-26,44H,1-4H3. The fourth-order valence-corrected chi connectivity index (χ4v) is 6.23. The lowest BCUT2D eigenvalue weighted by Crippen LogP contribution is -2.08. The van der Waals surface area contributed by atoms with Crippen molar-refractivity contribution in [2.45, 2.75) is 39.5 Å². The van der Waals surface area contributed by atoms with Crippen LogP contribution in [0.15, 0.2) is 121 Å². The number of pyridine rings is 1. The molecule has 1 N–H and O–H groups in total. The number of rotatable bonds is 6. The lowest BCUT2D eigenvalue weighted by molar-refractivity contribution is 0.478. The molecule has 4 nitrogen and oxygen atoms in total. The third-order valence-corrected chi connectivity index (χ3v) is 8.47. The highest BCUT2D eigenvalue weighted by Gasteiger charge is 2.24. The topological polar surface area (TPSA) is 50.9 Å². The monoisotopic (exact) mass is 573 g/mol. The summed E-state index contributed by atoms with van der Waals surface area (Å²) in [5.74, 6) is 1.49. The van der Waals surface area contributed by atoms with Crippen LogP contribution in [0.3, 0.4) is 0 Å². The first-order chi connectivity index (χ1) is 21.4. The highest BCUT2D eigenvalue weighted by Crippen LogP contribution is 2.42. The number of aromatic hydroxyl groups is 1. The molecule has 0 aliphatic rings. The van der Waals surface area contributed by atoms with Gasteiger partial charge in [-0.3, -0.25) is 4.57 Å². The number of fused-ring (bicyclic) bond motifs is 2. The van der Waals surface area contributed by atoms with Crippen LogP contribution in [-0.4, -0.2) is 19.6 Å². The predicted octanol–water partition coefficient (Wildman–Crippen LogP) is 10.5. The van der Waals surface area contributed by atoms with Gasteiger partial charge in [0.25, 0.3) is 0 Å². The zero-order valence-electron chi connectivity index (χ0n) is 25.5. The quantitative estimate of drug-likeness (QED) is 0.215. The molecule has 4 heteroatoms. The van der Waals surface area contributed by atoms with Crippen molar-refractivity contribution < 1.29 is 5.11 Å². The van der Waals surface area contributed by atoms with Crippen LogP contribution in [0.5, 0.6) is 5.75 Å². The van der Waals surface area contributed by atoms with Crippen LogP contribution in [0.2, 0.25) is 0 Å². The van der Waals surface area contributed by atoms with Crippen LogP contribution in [0, 0.1) is 0 Å². The molecule has 44 heavy (non-hydrogen) atoms. The molecule has 7 aromatic rings. The molecule has 2 aromatic heterocycles. The first kappa shape index (κ1) is 27.6. The Morgan fingerprint density at radius 1 is 0.568 bits per heavy atom. The van der Waals surface area contributed by atoms with Crippen LogP contribution < -0.4 is 0 Å². The van der Waals surface area contributed by atoms with E-state index < -0.39 is 0 Å². The van der Waals surface area contributed by atoms with Crippen molar-refractivity contribution in [3.63, 3.8) is 0 Å². The van der Waals surface area contributed by atoms with Crippen molar-refractivity contribution in [2.24, 2.45) is 0 Å². The fraction of sp³-hybridized carbons (Fsp3) is 0.150. The van der Waals surface area contributed by atoms with E-state index in [1.54, 1.807) is 0 Å². The van der Waals surface area contributed by atoms with Crippen LogP contribution in [-0.2, 0) is 0 Å². The molecule has 0 saturated heterocycles. The predicted molar refractivity (Wildman–Crippen MR) is 183 cm³/mol. The van der Waals surface area contributed by atoms with Gasteiger partial charge in [0.15, 0.2) is 0 Å². The van der Waals surface area contributed by atoms with E-state index in [1.165, 1.54) is 21.9 Å². The number of para-hydroxylation sites is 4. The van der Waals surface area contributed by atoms with Gasteiger partial charge in [0, 0.05) is 11.1 Å². The van der Waals surface area contributed by atoms with Crippen molar-refractivity contribution in [3.8, 4) is 45.3 Å². The first-order valence-corrected chi connectivity index (χ1v) is 15.3. The summed E-state index contributed by atoms with van der Waals surface area (Å²) in [5, 5.41) is 14.3. The zero-order valence-corrected chi connectivity index (χ0v) is 25.5. The van der Waals surface area contributed by atoms with Gasteiger partial charge >= 0.3 is 0 Å². The first-order valence-electron chi connectivity index (χ1n) is 15.3. The Balaban J connectivity index is 1.42. The van der Waals surface area contributed by atoms with E-state index in [-0.39, 0.29) is 5.75 Å². The van der Waals surface area contributed by atoms with E-state index >= 15 is 0 Å². The number of phenolic OH excluding ortho intramolecular Hbond substituents is 1. The number of benzene rings is 5. The second-order valence-corrected chi connectivity index (χ2v) is 12.0. The van der Waals surface area contributed by atoms with E-state index in [9.17, 15) is 5.11 Å². The molecule has 7 rings (SSSR count). The van der Waals surface area contributed by atoms with Crippen molar-refractivity contribution in [2.75, 3.05) is 0 Å². The zero-order chi connectivity index (χ0) is 30.4. The molecule has 0 aliphatic carbocycles. The Bertz CT molecular complexity index is 2130. The van der Waals surface area contributed by atoms with Gasteiger partial charge in [-0.1, -0.05) is 107 Å². The molecular formula is C40H35N3O. The number of hydrogen-bond acceptors (Lipinski definition) is 3. The smallest absolute Gasteiger partial charge is 0.149 e. The Kier molecular flexibility index (Phi) is 6.98. The number of imidazole rings is 1. The SMILES string of the molecule is CC(C)c1cccc(C(C)C)c1-n1c(-c2cccc(-c3cccc(-c4ccc5ccccc5c4)n3)c2O)nc2ccccc21. The molecule has 0 amide bonds. The van der Waals surface area contributed by atoms with Gasteiger partial charge < -0.3 is 5.11 Å². The number of aromatic nitrogens is 3.